The molecule has 2 aromatic carbocycles. The third-order valence-electron chi connectivity index (χ3n) is 2.99. The summed E-state index contributed by atoms with van der Waals surface area (Å²) in [6, 6.07) is 13.8. The van der Waals surface area contributed by atoms with Crippen molar-refractivity contribution in [2.75, 3.05) is 0 Å². The molecule has 0 aliphatic heterocycles. The fourth-order valence-electron chi connectivity index (χ4n) is 1.96. The standard InChI is InChI=1S/C15H18N2O2/c1-10(2)14(15(18)17-16)19-13-8-7-11-5-3-4-6-12(11)9-13/h3-10,14H,16H2,1-2H3,(H,17,18). The number of hydrogen-bond donors (Lipinski definition) is 2. The fourth-order valence-corrected chi connectivity index (χ4v) is 1.96. The molecule has 0 fully saturated rings. The van der Waals surface area contributed by atoms with Gasteiger partial charge in [-0.2, -0.15) is 0 Å². The van der Waals surface area contributed by atoms with E-state index in [9.17, 15) is 4.79 Å². The van der Waals surface area contributed by atoms with E-state index >= 15 is 0 Å². The first-order valence-corrected chi connectivity index (χ1v) is 6.27. The number of hydrazine groups is 1. The average Bonchev–Trinajstić information content (AvgIpc) is 2.43. The zero-order valence-corrected chi connectivity index (χ0v) is 11.1. The Hall–Kier alpha value is -2.07. The Morgan fingerprint density at radius 1 is 1.16 bits per heavy atom. The summed E-state index contributed by atoms with van der Waals surface area (Å²) in [5.41, 5.74) is 2.14. The zero-order chi connectivity index (χ0) is 13.8. The summed E-state index contributed by atoms with van der Waals surface area (Å²) in [4.78, 5) is 11.7. The van der Waals surface area contributed by atoms with Crippen LogP contribution in [0.1, 0.15) is 13.8 Å². The van der Waals surface area contributed by atoms with Gasteiger partial charge < -0.3 is 4.74 Å². The largest absolute Gasteiger partial charge is 0.480 e. The molecule has 0 saturated carbocycles. The van der Waals surface area contributed by atoms with Crippen LogP contribution >= 0.6 is 0 Å². The van der Waals surface area contributed by atoms with Gasteiger partial charge in [0.05, 0.1) is 0 Å². The van der Waals surface area contributed by atoms with Crippen molar-refractivity contribution in [3.05, 3.63) is 42.5 Å². The zero-order valence-electron chi connectivity index (χ0n) is 11.1. The minimum atomic E-state index is -0.592. The maximum absolute atomic E-state index is 11.7. The Labute approximate surface area is 112 Å². The predicted molar refractivity (Wildman–Crippen MR) is 75.5 cm³/mol. The molecule has 0 radical (unpaired) electrons. The molecule has 0 aliphatic rings. The third kappa shape index (κ3) is 3.03. The van der Waals surface area contributed by atoms with E-state index in [1.165, 1.54) is 0 Å². The number of hydrogen-bond acceptors (Lipinski definition) is 3. The number of carbonyl (C=O) groups is 1. The maximum atomic E-state index is 11.7. The second kappa shape index (κ2) is 5.71. The van der Waals surface area contributed by atoms with Crippen LogP contribution in [0.2, 0.25) is 0 Å². The van der Waals surface area contributed by atoms with Crippen LogP contribution in [0.3, 0.4) is 0 Å². The van der Waals surface area contributed by atoms with Gasteiger partial charge in [0.25, 0.3) is 5.91 Å². The van der Waals surface area contributed by atoms with Gasteiger partial charge in [-0.25, -0.2) is 5.84 Å². The quantitative estimate of drug-likeness (QED) is 0.502. The highest BCUT2D eigenvalue weighted by Crippen LogP contribution is 2.22. The molecule has 100 valence electrons. The lowest BCUT2D eigenvalue weighted by Crippen LogP contribution is -2.44. The van der Waals surface area contributed by atoms with E-state index in [1.54, 1.807) is 0 Å². The van der Waals surface area contributed by atoms with Gasteiger partial charge in [-0.15, -0.1) is 0 Å². The van der Waals surface area contributed by atoms with Crippen molar-refractivity contribution in [1.82, 2.24) is 5.43 Å². The number of amides is 1. The Morgan fingerprint density at radius 3 is 2.47 bits per heavy atom. The van der Waals surface area contributed by atoms with Gasteiger partial charge >= 0.3 is 0 Å². The van der Waals surface area contributed by atoms with Crippen LogP contribution in [-0.2, 0) is 4.79 Å². The van der Waals surface area contributed by atoms with Crippen molar-refractivity contribution in [3.8, 4) is 5.75 Å². The third-order valence-corrected chi connectivity index (χ3v) is 2.99. The molecule has 19 heavy (non-hydrogen) atoms. The van der Waals surface area contributed by atoms with Gasteiger partial charge in [-0.1, -0.05) is 44.2 Å². The van der Waals surface area contributed by atoms with Crippen LogP contribution in [0.25, 0.3) is 10.8 Å². The SMILES string of the molecule is CC(C)C(Oc1ccc2ccccc2c1)C(=O)NN. The molecule has 0 aliphatic carbocycles. The molecule has 4 heteroatoms. The highest BCUT2D eigenvalue weighted by Gasteiger charge is 2.23. The van der Waals surface area contributed by atoms with Crippen molar-refractivity contribution < 1.29 is 9.53 Å². The van der Waals surface area contributed by atoms with Crippen molar-refractivity contribution >= 4 is 16.7 Å². The van der Waals surface area contributed by atoms with E-state index in [-0.39, 0.29) is 11.8 Å². The molecule has 2 rings (SSSR count). The molecule has 0 bridgehead atoms. The van der Waals surface area contributed by atoms with Crippen molar-refractivity contribution in [3.63, 3.8) is 0 Å². The Bertz CT molecular complexity index is 581. The number of fused-ring (bicyclic) bond motifs is 1. The highest BCUT2D eigenvalue weighted by molar-refractivity contribution is 5.84. The van der Waals surface area contributed by atoms with Crippen molar-refractivity contribution in [2.45, 2.75) is 20.0 Å². The number of nitrogens with two attached hydrogens (primary N) is 1. The first kappa shape index (κ1) is 13.4. The molecule has 0 heterocycles. The molecular weight excluding hydrogens is 240 g/mol. The molecular formula is C15H18N2O2. The minimum absolute atomic E-state index is 0.0371. The van der Waals surface area contributed by atoms with Gasteiger partial charge in [0.1, 0.15) is 5.75 Å². The second-order valence-electron chi connectivity index (χ2n) is 4.80. The monoisotopic (exact) mass is 258 g/mol. The summed E-state index contributed by atoms with van der Waals surface area (Å²) in [5.74, 6) is 5.56. The molecule has 4 nitrogen and oxygen atoms in total. The van der Waals surface area contributed by atoms with Crippen LogP contribution in [0.5, 0.6) is 5.75 Å². The number of rotatable bonds is 4. The van der Waals surface area contributed by atoms with Gasteiger partial charge in [0.15, 0.2) is 6.10 Å². The fraction of sp³-hybridized carbons (Fsp3) is 0.267. The summed E-state index contributed by atoms with van der Waals surface area (Å²) in [6.45, 7) is 3.84. The molecule has 0 saturated heterocycles. The van der Waals surface area contributed by atoms with Crippen LogP contribution in [-0.4, -0.2) is 12.0 Å². The summed E-state index contributed by atoms with van der Waals surface area (Å²) in [5, 5.41) is 2.22. The number of nitrogens with one attached hydrogen (secondary N) is 1. The first-order chi connectivity index (χ1) is 9.11. The summed E-state index contributed by atoms with van der Waals surface area (Å²) >= 11 is 0. The van der Waals surface area contributed by atoms with Crippen LogP contribution in [0, 0.1) is 5.92 Å². The first-order valence-electron chi connectivity index (χ1n) is 6.27. The van der Waals surface area contributed by atoms with Crippen molar-refractivity contribution in [2.24, 2.45) is 11.8 Å². The van der Waals surface area contributed by atoms with E-state index < -0.39 is 6.10 Å². The Kier molecular flexibility index (Phi) is 4.02. The smallest absolute Gasteiger partial charge is 0.275 e. The molecule has 1 atom stereocenters. The van der Waals surface area contributed by atoms with Gasteiger partial charge in [-0.05, 0) is 28.8 Å². The van der Waals surface area contributed by atoms with E-state index in [4.69, 9.17) is 10.6 Å². The van der Waals surface area contributed by atoms with Gasteiger partial charge in [-0.3, -0.25) is 10.2 Å². The van der Waals surface area contributed by atoms with Crippen LogP contribution in [0.15, 0.2) is 42.5 Å². The molecule has 0 spiro atoms. The lowest BCUT2D eigenvalue weighted by Gasteiger charge is -2.20. The van der Waals surface area contributed by atoms with E-state index in [0.717, 1.165) is 10.8 Å². The summed E-state index contributed by atoms with van der Waals surface area (Å²) < 4.78 is 5.74. The van der Waals surface area contributed by atoms with E-state index in [0.29, 0.717) is 5.75 Å². The van der Waals surface area contributed by atoms with Crippen molar-refractivity contribution in [1.29, 1.82) is 0 Å². The normalized spacial score (nSPS) is 12.4. The lowest BCUT2D eigenvalue weighted by atomic mass is 10.1. The highest BCUT2D eigenvalue weighted by atomic mass is 16.5. The van der Waals surface area contributed by atoms with Gasteiger partial charge in [0, 0.05) is 0 Å². The predicted octanol–water partition coefficient (Wildman–Crippen LogP) is 2.23. The topological polar surface area (TPSA) is 64.3 Å². The average molecular weight is 258 g/mol. The van der Waals surface area contributed by atoms with Gasteiger partial charge in [0.2, 0.25) is 0 Å². The second-order valence-corrected chi connectivity index (χ2v) is 4.80. The number of carbonyl (C=O) groups excluding carboxylic acids is 1. The summed E-state index contributed by atoms with van der Waals surface area (Å²) in [6.07, 6.45) is -0.592. The minimum Gasteiger partial charge on any atom is -0.480 e. The maximum Gasteiger partial charge on any atom is 0.275 e. The Morgan fingerprint density at radius 2 is 1.84 bits per heavy atom. The summed E-state index contributed by atoms with van der Waals surface area (Å²) in [7, 11) is 0. The van der Waals surface area contributed by atoms with Crippen LogP contribution < -0.4 is 16.0 Å². The van der Waals surface area contributed by atoms with E-state index in [2.05, 4.69) is 5.43 Å². The molecule has 1 amide bonds. The molecule has 3 N–H and O–H groups in total. The van der Waals surface area contributed by atoms with E-state index in [1.807, 2.05) is 56.3 Å². The number of benzene rings is 2. The number of ether oxygens (including phenoxy) is 1. The molecule has 0 aromatic heterocycles. The lowest BCUT2D eigenvalue weighted by molar-refractivity contribution is -0.129. The molecule has 2 aromatic rings. The molecule has 1 unspecified atom stereocenters. The Balaban J connectivity index is 2.26. The van der Waals surface area contributed by atoms with Crippen LogP contribution in [0.4, 0.5) is 0 Å².